The number of hydrogen-bond acceptors (Lipinski definition) is 5. The molecular weight excluding hydrogens is 457 g/mol. The van der Waals surface area contributed by atoms with Crippen LogP contribution in [0.1, 0.15) is 43.7 Å². The molecule has 0 aliphatic carbocycles. The molecule has 0 saturated heterocycles. The highest BCUT2D eigenvalue weighted by Crippen LogP contribution is 2.31. The lowest BCUT2D eigenvalue weighted by Gasteiger charge is -2.15. The maximum absolute atomic E-state index is 13.3. The zero-order valence-corrected chi connectivity index (χ0v) is 19.6. The summed E-state index contributed by atoms with van der Waals surface area (Å²) >= 11 is 0. The average Bonchev–Trinajstić information content (AvgIpc) is 3.07. The molecule has 0 atom stereocenters. The van der Waals surface area contributed by atoms with Crippen molar-refractivity contribution >= 4 is 15.6 Å². The van der Waals surface area contributed by atoms with Gasteiger partial charge >= 0.3 is 6.18 Å². The van der Waals surface area contributed by atoms with Crippen LogP contribution in [0.4, 0.5) is 13.2 Å². The highest BCUT2D eigenvalue weighted by molar-refractivity contribution is 7.90. The minimum atomic E-state index is -4.48. The first kappa shape index (κ1) is 24.5. The molecule has 0 aliphatic heterocycles. The van der Waals surface area contributed by atoms with Gasteiger partial charge in [0.1, 0.15) is 12.2 Å². The number of sulfone groups is 1. The third-order valence-corrected chi connectivity index (χ3v) is 6.77. The Labute approximate surface area is 189 Å². The van der Waals surface area contributed by atoms with Crippen molar-refractivity contribution in [3.8, 4) is 5.88 Å². The largest absolute Gasteiger partial charge is 0.472 e. The minimum absolute atomic E-state index is 0.0966. The molecule has 0 spiro atoms. The summed E-state index contributed by atoms with van der Waals surface area (Å²) in [6.45, 7) is 4.72. The van der Waals surface area contributed by atoms with Crippen molar-refractivity contribution in [1.29, 1.82) is 0 Å². The maximum Gasteiger partial charge on any atom is 0.416 e. The molecule has 0 aliphatic rings. The van der Waals surface area contributed by atoms with Gasteiger partial charge < -0.3 is 4.74 Å². The smallest absolute Gasteiger partial charge is 0.416 e. The number of aromatic nitrogens is 2. The zero-order chi connectivity index (χ0) is 24.7. The summed E-state index contributed by atoms with van der Waals surface area (Å²) in [6, 6.07) is 6.25. The van der Waals surface area contributed by atoms with Crippen LogP contribution in [0.5, 0.6) is 5.88 Å². The fourth-order valence-electron chi connectivity index (χ4n) is 3.75. The summed E-state index contributed by atoms with van der Waals surface area (Å²) in [6.07, 6.45) is -2.04. The number of benzene rings is 2. The molecule has 0 saturated carbocycles. The van der Waals surface area contributed by atoms with E-state index in [0.29, 0.717) is 22.3 Å². The van der Waals surface area contributed by atoms with Crippen LogP contribution in [0.3, 0.4) is 0 Å². The van der Waals surface area contributed by atoms with Gasteiger partial charge in [0, 0.05) is 18.9 Å². The standard InChI is InChI=1S/C23H23F3N2O4S/c1-13-9-18(14(2)15(3)21(13)33(5,30)31)20(29)19-11-27-28(4)22(19)32-12-16-7-6-8-17(10-16)23(24,25)26/h6-11H,12H2,1-5H3. The molecule has 0 N–H and O–H groups in total. The Bertz CT molecular complexity index is 1340. The Balaban J connectivity index is 1.96. The van der Waals surface area contributed by atoms with Crippen LogP contribution < -0.4 is 4.74 Å². The monoisotopic (exact) mass is 480 g/mol. The summed E-state index contributed by atoms with van der Waals surface area (Å²) < 4.78 is 70.2. The number of aryl methyl sites for hydroxylation is 2. The number of ether oxygens (including phenoxy) is 1. The van der Waals surface area contributed by atoms with Crippen molar-refractivity contribution in [1.82, 2.24) is 9.78 Å². The summed E-state index contributed by atoms with van der Waals surface area (Å²) in [4.78, 5) is 13.5. The second kappa shape index (κ2) is 8.66. The van der Waals surface area contributed by atoms with Gasteiger partial charge in [-0.25, -0.2) is 13.1 Å². The SMILES string of the molecule is Cc1cc(C(=O)c2cnn(C)c2OCc2cccc(C(F)(F)F)c2)c(C)c(C)c1S(C)(=O)=O. The van der Waals surface area contributed by atoms with E-state index in [0.717, 1.165) is 18.4 Å². The molecule has 3 aromatic rings. The third-order valence-electron chi connectivity index (χ3n) is 5.40. The number of ketones is 1. The summed E-state index contributed by atoms with van der Waals surface area (Å²) in [7, 11) is -1.93. The van der Waals surface area contributed by atoms with E-state index < -0.39 is 27.4 Å². The van der Waals surface area contributed by atoms with Crippen molar-refractivity contribution in [2.75, 3.05) is 6.26 Å². The lowest BCUT2D eigenvalue weighted by molar-refractivity contribution is -0.137. The number of rotatable bonds is 6. The normalized spacial score (nSPS) is 12.1. The van der Waals surface area contributed by atoms with Crippen molar-refractivity contribution < 1.29 is 31.1 Å². The van der Waals surface area contributed by atoms with Crippen LogP contribution in [-0.2, 0) is 29.7 Å². The predicted octanol–water partition coefficient (Wildman–Crippen LogP) is 4.58. The van der Waals surface area contributed by atoms with Gasteiger partial charge in [-0.1, -0.05) is 12.1 Å². The van der Waals surface area contributed by atoms with Crippen LogP contribution >= 0.6 is 0 Å². The van der Waals surface area contributed by atoms with E-state index in [1.807, 2.05) is 0 Å². The number of carbonyl (C=O) groups excluding carboxylic acids is 1. The van der Waals surface area contributed by atoms with Gasteiger partial charge in [0.15, 0.2) is 15.6 Å². The van der Waals surface area contributed by atoms with Crippen molar-refractivity contribution in [3.63, 3.8) is 0 Å². The van der Waals surface area contributed by atoms with E-state index in [2.05, 4.69) is 5.10 Å². The van der Waals surface area contributed by atoms with Crippen LogP contribution in [0.15, 0.2) is 41.4 Å². The van der Waals surface area contributed by atoms with Crippen LogP contribution in [0.2, 0.25) is 0 Å². The number of halogens is 3. The molecule has 1 aromatic heterocycles. The molecule has 0 radical (unpaired) electrons. The van der Waals surface area contributed by atoms with Crippen LogP contribution in [-0.4, -0.2) is 30.2 Å². The molecule has 6 nitrogen and oxygen atoms in total. The molecule has 10 heteroatoms. The van der Waals surface area contributed by atoms with E-state index in [4.69, 9.17) is 4.74 Å². The van der Waals surface area contributed by atoms with Gasteiger partial charge in [-0.3, -0.25) is 4.79 Å². The summed E-state index contributed by atoms with van der Waals surface area (Å²) in [5, 5.41) is 4.06. The molecule has 2 aromatic carbocycles. The molecular formula is C23H23F3N2O4S. The molecule has 0 fully saturated rings. The van der Waals surface area contributed by atoms with Gasteiger partial charge in [0.2, 0.25) is 5.88 Å². The van der Waals surface area contributed by atoms with Crippen molar-refractivity contribution in [2.45, 2.75) is 38.4 Å². The van der Waals surface area contributed by atoms with Crippen molar-refractivity contribution in [2.24, 2.45) is 7.05 Å². The molecule has 33 heavy (non-hydrogen) atoms. The highest BCUT2D eigenvalue weighted by atomic mass is 32.2. The Morgan fingerprint density at radius 3 is 2.36 bits per heavy atom. The molecule has 3 rings (SSSR count). The quantitative estimate of drug-likeness (QED) is 0.483. The van der Waals surface area contributed by atoms with E-state index in [1.165, 1.54) is 29.1 Å². The Morgan fingerprint density at radius 1 is 1.09 bits per heavy atom. The first-order chi connectivity index (χ1) is 15.2. The third kappa shape index (κ3) is 4.95. The topological polar surface area (TPSA) is 78.3 Å². The number of carbonyl (C=O) groups is 1. The second-order valence-corrected chi connectivity index (χ2v) is 9.85. The van der Waals surface area contributed by atoms with Gasteiger partial charge in [-0.15, -0.1) is 0 Å². The first-order valence-corrected chi connectivity index (χ1v) is 11.8. The van der Waals surface area contributed by atoms with Crippen LogP contribution in [0.25, 0.3) is 0 Å². The fourth-order valence-corrected chi connectivity index (χ4v) is 5.11. The number of hydrogen-bond donors (Lipinski definition) is 0. The summed E-state index contributed by atoms with van der Waals surface area (Å²) in [5.41, 5.74) is 1.35. The van der Waals surface area contributed by atoms with E-state index in [-0.39, 0.29) is 28.5 Å². The van der Waals surface area contributed by atoms with Crippen molar-refractivity contribution in [3.05, 3.63) is 75.5 Å². The van der Waals surface area contributed by atoms with E-state index in [9.17, 15) is 26.4 Å². The Hall–Kier alpha value is -3.14. The van der Waals surface area contributed by atoms with Gasteiger partial charge in [-0.05, 0) is 61.2 Å². The van der Waals surface area contributed by atoms with Gasteiger partial charge in [0.25, 0.3) is 0 Å². The molecule has 0 bridgehead atoms. The highest BCUT2D eigenvalue weighted by Gasteiger charge is 2.30. The van der Waals surface area contributed by atoms with Crippen LogP contribution in [0, 0.1) is 20.8 Å². The Kier molecular flexibility index (Phi) is 6.43. The predicted molar refractivity (Wildman–Crippen MR) is 116 cm³/mol. The lowest BCUT2D eigenvalue weighted by Crippen LogP contribution is -2.12. The van der Waals surface area contributed by atoms with E-state index in [1.54, 1.807) is 27.8 Å². The molecule has 0 unspecified atom stereocenters. The number of alkyl halides is 3. The minimum Gasteiger partial charge on any atom is -0.472 e. The zero-order valence-electron chi connectivity index (χ0n) is 18.7. The summed E-state index contributed by atoms with van der Waals surface area (Å²) in [5.74, 6) is -0.329. The lowest BCUT2D eigenvalue weighted by atomic mass is 9.95. The Morgan fingerprint density at radius 2 is 1.76 bits per heavy atom. The molecule has 176 valence electrons. The molecule has 1 heterocycles. The first-order valence-electron chi connectivity index (χ1n) is 9.88. The maximum atomic E-state index is 13.3. The number of nitrogens with zero attached hydrogens (tertiary/aromatic N) is 2. The van der Waals surface area contributed by atoms with Gasteiger partial charge in [-0.2, -0.15) is 18.3 Å². The van der Waals surface area contributed by atoms with Gasteiger partial charge in [0.05, 0.1) is 16.7 Å². The fraction of sp³-hybridized carbons (Fsp3) is 0.304. The average molecular weight is 481 g/mol. The second-order valence-electron chi connectivity index (χ2n) is 7.90. The molecule has 0 amide bonds. The van der Waals surface area contributed by atoms with E-state index >= 15 is 0 Å².